The number of halogens is 3. The predicted molar refractivity (Wildman–Crippen MR) is 102 cm³/mol. The highest BCUT2D eigenvalue weighted by atomic mass is 35.5. The average molecular weight is 433 g/mol. The zero-order valence-electron chi connectivity index (χ0n) is 14.1. The molecule has 1 aliphatic rings. The largest absolute Gasteiger partial charge is 0.485 e. The van der Waals surface area contributed by atoms with Gasteiger partial charge < -0.3 is 9.64 Å². The number of nitrogens with one attached hydrogen (secondary N) is 1. The van der Waals surface area contributed by atoms with E-state index in [1.807, 2.05) is 23.1 Å². The third kappa shape index (κ3) is 4.82. The summed E-state index contributed by atoms with van der Waals surface area (Å²) in [7, 11) is -3.82. The first-order chi connectivity index (χ1) is 12.6. The molecule has 27 heavy (non-hydrogen) atoms. The molecule has 0 unspecified atom stereocenters. The quantitative estimate of drug-likeness (QED) is 0.785. The summed E-state index contributed by atoms with van der Waals surface area (Å²) in [5.74, 6) is -1.94. The van der Waals surface area contributed by atoms with E-state index in [1.165, 1.54) is 0 Å². The molecule has 10 heteroatoms. The minimum Gasteiger partial charge on any atom is -0.485 e. The van der Waals surface area contributed by atoms with Gasteiger partial charge in [0.1, 0.15) is 17.7 Å². The molecule has 6 nitrogen and oxygen atoms in total. The fourth-order valence-electron chi connectivity index (χ4n) is 2.59. The molecule has 3 rings (SSSR count). The van der Waals surface area contributed by atoms with Crippen LogP contribution in [0.2, 0.25) is 10.0 Å². The Labute approximate surface area is 165 Å². The van der Waals surface area contributed by atoms with Crippen LogP contribution in [0.1, 0.15) is 10.4 Å². The Morgan fingerprint density at radius 1 is 1.26 bits per heavy atom. The normalized spacial score (nSPS) is 14.6. The first-order valence-electron chi connectivity index (χ1n) is 7.81. The van der Waals surface area contributed by atoms with Crippen LogP contribution in [0.4, 0.5) is 10.1 Å². The van der Waals surface area contributed by atoms with Crippen molar-refractivity contribution >= 4 is 44.8 Å². The number of anilines is 1. The Hall–Kier alpha value is -2.03. The third-order valence-corrected chi connectivity index (χ3v) is 4.95. The molecular formula is C17H15Cl2FN2O4S. The average Bonchev–Trinajstić information content (AvgIpc) is 2.51. The van der Waals surface area contributed by atoms with Gasteiger partial charge in [-0.2, -0.15) is 0 Å². The van der Waals surface area contributed by atoms with E-state index in [4.69, 9.17) is 27.9 Å². The van der Waals surface area contributed by atoms with Crippen LogP contribution in [0.5, 0.6) is 5.75 Å². The number of hydrogen-bond donors (Lipinski definition) is 1. The number of nitrogens with zero attached hydrogens (tertiary/aromatic N) is 1. The van der Waals surface area contributed by atoms with E-state index in [1.54, 1.807) is 10.8 Å². The summed E-state index contributed by atoms with van der Waals surface area (Å²) < 4.78 is 43.8. The number of carbonyl (C=O) groups excluding carboxylic acids is 1. The van der Waals surface area contributed by atoms with Crippen molar-refractivity contribution in [1.82, 2.24) is 4.72 Å². The molecule has 1 amide bonds. The van der Waals surface area contributed by atoms with Crippen LogP contribution in [0.3, 0.4) is 0 Å². The van der Waals surface area contributed by atoms with Crippen molar-refractivity contribution in [1.29, 1.82) is 0 Å². The van der Waals surface area contributed by atoms with E-state index < -0.39 is 27.3 Å². The first-order valence-corrected chi connectivity index (χ1v) is 10.5. The Bertz CT molecular complexity index is 994. The Kier molecular flexibility index (Phi) is 5.50. The second-order valence-electron chi connectivity index (χ2n) is 6.09. The number of ether oxygens (including phenoxy) is 1. The summed E-state index contributed by atoms with van der Waals surface area (Å²) in [6.07, 6.45) is 0.584. The van der Waals surface area contributed by atoms with E-state index in [2.05, 4.69) is 0 Å². The SMILES string of the molecule is CS(=O)(=O)NC(=O)c1cc(Cl)c(OC2CN(c3cccc(Cl)c3)C2)cc1F. The summed E-state index contributed by atoms with van der Waals surface area (Å²) in [5.41, 5.74) is 0.472. The zero-order chi connectivity index (χ0) is 19.8. The molecule has 1 heterocycles. The van der Waals surface area contributed by atoms with Gasteiger partial charge in [0.05, 0.1) is 29.9 Å². The standard InChI is InChI=1S/C17H15Cl2FN2O4S/c1-27(24,25)21-17(23)13-6-14(19)16(7-15(13)20)26-12-8-22(9-12)11-4-2-3-10(18)5-11/h2-7,12H,8-9H2,1H3,(H,21,23). The molecule has 0 radical (unpaired) electrons. The lowest BCUT2D eigenvalue weighted by Crippen LogP contribution is -2.54. The summed E-state index contributed by atoms with van der Waals surface area (Å²) in [5, 5.41) is 0.640. The zero-order valence-corrected chi connectivity index (χ0v) is 16.4. The molecule has 1 aliphatic heterocycles. The van der Waals surface area contributed by atoms with Crippen molar-refractivity contribution in [3.05, 3.63) is 57.8 Å². The summed E-state index contributed by atoms with van der Waals surface area (Å²) in [6.45, 7) is 1.13. The van der Waals surface area contributed by atoms with Crippen molar-refractivity contribution < 1.29 is 22.3 Å². The molecule has 1 fully saturated rings. The highest BCUT2D eigenvalue weighted by Crippen LogP contribution is 2.32. The van der Waals surface area contributed by atoms with Crippen LogP contribution in [0, 0.1) is 5.82 Å². The van der Waals surface area contributed by atoms with Gasteiger partial charge in [0, 0.05) is 16.8 Å². The van der Waals surface area contributed by atoms with E-state index in [0.29, 0.717) is 18.1 Å². The highest BCUT2D eigenvalue weighted by Gasteiger charge is 2.30. The van der Waals surface area contributed by atoms with Crippen molar-refractivity contribution in [2.75, 3.05) is 24.2 Å². The summed E-state index contributed by atoms with van der Waals surface area (Å²) in [6, 6.07) is 9.40. The van der Waals surface area contributed by atoms with Crippen LogP contribution in [0.15, 0.2) is 36.4 Å². The molecule has 0 saturated carbocycles. The number of sulfonamides is 1. The minimum absolute atomic E-state index is 0.0104. The molecule has 0 spiro atoms. The van der Waals surface area contributed by atoms with Gasteiger partial charge in [-0.3, -0.25) is 4.79 Å². The van der Waals surface area contributed by atoms with E-state index >= 15 is 0 Å². The lowest BCUT2D eigenvalue weighted by Gasteiger charge is -2.40. The van der Waals surface area contributed by atoms with E-state index in [9.17, 15) is 17.6 Å². The second kappa shape index (κ2) is 7.53. The third-order valence-electron chi connectivity index (χ3n) is 3.86. The van der Waals surface area contributed by atoms with Gasteiger partial charge in [0.25, 0.3) is 5.91 Å². The monoisotopic (exact) mass is 432 g/mol. The lowest BCUT2D eigenvalue weighted by atomic mass is 10.1. The molecule has 2 aromatic rings. The van der Waals surface area contributed by atoms with Gasteiger partial charge in [-0.05, 0) is 24.3 Å². The maximum absolute atomic E-state index is 14.2. The Balaban J connectivity index is 1.67. The number of benzene rings is 2. The summed E-state index contributed by atoms with van der Waals surface area (Å²) in [4.78, 5) is 13.9. The smallest absolute Gasteiger partial charge is 0.267 e. The molecule has 1 saturated heterocycles. The topological polar surface area (TPSA) is 75.7 Å². The molecule has 144 valence electrons. The van der Waals surface area contributed by atoms with Crippen LogP contribution < -0.4 is 14.4 Å². The maximum atomic E-state index is 14.2. The van der Waals surface area contributed by atoms with Crippen molar-refractivity contribution in [3.8, 4) is 5.75 Å². The molecule has 0 atom stereocenters. The predicted octanol–water partition coefficient (Wildman–Crippen LogP) is 3.09. The van der Waals surface area contributed by atoms with Crippen LogP contribution in [0.25, 0.3) is 0 Å². The van der Waals surface area contributed by atoms with Gasteiger partial charge in [-0.15, -0.1) is 0 Å². The van der Waals surface area contributed by atoms with Crippen molar-refractivity contribution in [2.24, 2.45) is 0 Å². The van der Waals surface area contributed by atoms with E-state index in [0.717, 1.165) is 24.1 Å². The lowest BCUT2D eigenvalue weighted by molar-refractivity contribution is 0.0977. The second-order valence-corrected chi connectivity index (χ2v) is 8.68. The molecule has 1 N–H and O–H groups in total. The van der Waals surface area contributed by atoms with Gasteiger partial charge >= 0.3 is 0 Å². The fraction of sp³-hybridized carbons (Fsp3) is 0.235. The van der Waals surface area contributed by atoms with E-state index in [-0.39, 0.29) is 16.9 Å². The van der Waals surface area contributed by atoms with Crippen LogP contribution >= 0.6 is 23.2 Å². The van der Waals surface area contributed by atoms with Crippen molar-refractivity contribution in [2.45, 2.75) is 6.10 Å². The maximum Gasteiger partial charge on any atom is 0.267 e. The van der Waals surface area contributed by atoms with Gasteiger partial charge in [0.2, 0.25) is 10.0 Å². The van der Waals surface area contributed by atoms with Crippen LogP contribution in [-0.4, -0.2) is 39.8 Å². The minimum atomic E-state index is -3.82. The fourth-order valence-corrected chi connectivity index (χ4v) is 3.43. The van der Waals surface area contributed by atoms with Crippen molar-refractivity contribution in [3.63, 3.8) is 0 Å². The van der Waals surface area contributed by atoms with Gasteiger partial charge in [0.15, 0.2) is 0 Å². The van der Waals surface area contributed by atoms with Crippen LogP contribution in [-0.2, 0) is 10.0 Å². The molecule has 0 aromatic heterocycles. The van der Waals surface area contributed by atoms with Gasteiger partial charge in [-0.1, -0.05) is 29.3 Å². The first kappa shape index (κ1) is 19.7. The molecule has 0 bridgehead atoms. The van der Waals surface area contributed by atoms with Gasteiger partial charge in [-0.25, -0.2) is 17.5 Å². The number of carbonyl (C=O) groups is 1. The molecule has 0 aliphatic carbocycles. The summed E-state index contributed by atoms with van der Waals surface area (Å²) >= 11 is 12.0. The Morgan fingerprint density at radius 2 is 1.96 bits per heavy atom. The molecule has 2 aromatic carbocycles. The number of amides is 1. The molecular weight excluding hydrogens is 418 g/mol. The highest BCUT2D eigenvalue weighted by molar-refractivity contribution is 7.89. The Morgan fingerprint density at radius 3 is 2.59 bits per heavy atom. The number of rotatable bonds is 5. The number of hydrogen-bond acceptors (Lipinski definition) is 5.